The van der Waals surface area contributed by atoms with Crippen LogP contribution in [-0.4, -0.2) is 29.4 Å². The van der Waals surface area contributed by atoms with E-state index in [1.807, 2.05) is 10.6 Å². The Balaban J connectivity index is 2.04. The molecule has 0 aromatic carbocycles. The van der Waals surface area contributed by atoms with Gasteiger partial charge in [0.15, 0.2) is 0 Å². The van der Waals surface area contributed by atoms with Crippen molar-refractivity contribution in [2.45, 2.75) is 32.4 Å². The molecule has 0 atom stereocenters. The smallest absolute Gasteiger partial charge is 0.299 e. The molecule has 0 aliphatic rings. The van der Waals surface area contributed by atoms with Crippen molar-refractivity contribution < 1.29 is 14.7 Å². The highest BCUT2D eigenvalue weighted by molar-refractivity contribution is 9.10. The van der Waals surface area contributed by atoms with Crippen molar-refractivity contribution in [3.05, 3.63) is 34.2 Å². The van der Waals surface area contributed by atoms with Gasteiger partial charge in [0.2, 0.25) is 6.20 Å². The Labute approximate surface area is 154 Å². The van der Waals surface area contributed by atoms with Crippen molar-refractivity contribution in [3.63, 3.8) is 0 Å². The molecule has 0 saturated carbocycles. The zero-order chi connectivity index (χ0) is 17.5. The monoisotopic (exact) mass is 428 g/mol. The second-order valence-corrected chi connectivity index (χ2v) is 13.8. The number of rotatable bonds is 5. The maximum Gasteiger partial charge on any atom is 0.299 e. The van der Waals surface area contributed by atoms with Crippen molar-refractivity contribution in [3.8, 4) is 0 Å². The van der Waals surface area contributed by atoms with E-state index in [4.69, 9.17) is 16.3 Å². The molecule has 24 heavy (non-hydrogen) atoms. The summed E-state index contributed by atoms with van der Waals surface area (Å²) < 4.78 is 9.42. The number of hydrogen-bond acceptors (Lipinski definition) is 3. The number of halogens is 2. The molecule has 3 aromatic rings. The standard InChI is InChI=1S/C16H20BrClN3O2Si/c1-24(2,3)7-6-23-10-20-13-9-21(22)14(17)8-11(13)15-12(18)4-5-19-16(15)20/h4-5,8-9,22H,6-7,10H2,1-3H3/q+1. The third-order valence-electron chi connectivity index (χ3n) is 3.92. The summed E-state index contributed by atoms with van der Waals surface area (Å²) in [5, 5.41) is 12.4. The Morgan fingerprint density at radius 3 is 2.88 bits per heavy atom. The van der Waals surface area contributed by atoms with Crippen LogP contribution in [0.15, 0.2) is 29.1 Å². The van der Waals surface area contributed by atoms with Gasteiger partial charge in [0.05, 0.1) is 5.02 Å². The first-order chi connectivity index (χ1) is 11.3. The minimum absolute atomic E-state index is 0.374. The van der Waals surface area contributed by atoms with E-state index in [2.05, 4.69) is 40.6 Å². The quantitative estimate of drug-likeness (QED) is 0.214. The third-order valence-corrected chi connectivity index (χ3v) is 6.53. The van der Waals surface area contributed by atoms with Crippen LogP contribution in [0, 0.1) is 0 Å². The summed E-state index contributed by atoms with van der Waals surface area (Å²) in [7, 11) is -1.13. The molecule has 0 bridgehead atoms. The number of nitrogens with zero attached hydrogens (tertiary/aromatic N) is 3. The average molecular weight is 430 g/mol. The zero-order valence-electron chi connectivity index (χ0n) is 13.9. The molecule has 0 aliphatic heterocycles. The second kappa shape index (κ2) is 6.63. The number of hydrogen-bond donors (Lipinski definition) is 1. The lowest BCUT2D eigenvalue weighted by atomic mass is 10.2. The van der Waals surface area contributed by atoms with E-state index in [1.165, 1.54) is 0 Å². The van der Waals surface area contributed by atoms with E-state index in [0.29, 0.717) is 23.0 Å². The minimum atomic E-state index is -1.13. The first-order valence-corrected chi connectivity index (χ1v) is 12.6. The molecule has 0 amide bonds. The highest BCUT2D eigenvalue weighted by atomic mass is 79.9. The average Bonchev–Trinajstić information content (AvgIpc) is 2.78. The van der Waals surface area contributed by atoms with E-state index in [0.717, 1.165) is 32.7 Å². The van der Waals surface area contributed by atoms with Gasteiger partial charge in [0.25, 0.3) is 4.60 Å². The molecule has 0 spiro atoms. The van der Waals surface area contributed by atoms with Crippen LogP contribution in [-0.2, 0) is 11.5 Å². The third kappa shape index (κ3) is 3.44. The summed E-state index contributed by atoms with van der Waals surface area (Å²) in [5.41, 5.74) is 1.58. The van der Waals surface area contributed by atoms with E-state index in [1.54, 1.807) is 18.5 Å². The van der Waals surface area contributed by atoms with Crippen LogP contribution >= 0.6 is 27.5 Å². The summed E-state index contributed by atoms with van der Waals surface area (Å²) in [6.07, 6.45) is 3.32. The number of fused-ring (bicyclic) bond motifs is 3. The largest absolute Gasteiger partial charge is 0.361 e. The molecular formula is C16H20BrClN3O2Si+. The highest BCUT2D eigenvalue weighted by Crippen LogP contribution is 2.33. The second-order valence-electron chi connectivity index (χ2n) is 7.01. The van der Waals surface area contributed by atoms with Crippen LogP contribution in [0.25, 0.3) is 21.9 Å². The summed E-state index contributed by atoms with van der Waals surface area (Å²) in [4.78, 5) is 4.47. The van der Waals surface area contributed by atoms with E-state index in [-0.39, 0.29) is 0 Å². The fourth-order valence-electron chi connectivity index (χ4n) is 2.58. The molecule has 3 rings (SSSR count). The molecule has 0 radical (unpaired) electrons. The van der Waals surface area contributed by atoms with Gasteiger partial charge in [0, 0.05) is 58.4 Å². The lowest BCUT2D eigenvalue weighted by Crippen LogP contribution is -2.31. The number of pyridine rings is 2. The molecular weight excluding hydrogens is 410 g/mol. The van der Waals surface area contributed by atoms with E-state index < -0.39 is 8.07 Å². The Morgan fingerprint density at radius 2 is 2.17 bits per heavy atom. The van der Waals surface area contributed by atoms with Gasteiger partial charge >= 0.3 is 0 Å². The van der Waals surface area contributed by atoms with Crippen molar-refractivity contribution >= 4 is 57.5 Å². The SMILES string of the molecule is C[Si](C)(C)CCOCn1c2c[n+](O)c(Br)cc2c2c(Cl)ccnc21. The Bertz CT molecular complexity index is 908. The van der Waals surface area contributed by atoms with Crippen LogP contribution in [0.1, 0.15) is 0 Å². The normalized spacial score (nSPS) is 12.4. The first-order valence-electron chi connectivity index (χ1n) is 7.72. The van der Waals surface area contributed by atoms with Crippen LogP contribution in [0.3, 0.4) is 0 Å². The molecule has 0 unspecified atom stereocenters. The van der Waals surface area contributed by atoms with Gasteiger partial charge in [-0.2, -0.15) is 0 Å². The van der Waals surface area contributed by atoms with Gasteiger partial charge in [-0.3, -0.25) is 9.77 Å². The van der Waals surface area contributed by atoms with Crippen LogP contribution in [0.2, 0.25) is 30.7 Å². The lowest BCUT2D eigenvalue weighted by molar-refractivity contribution is -0.912. The summed E-state index contributed by atoms with van der Waals surface area (Å²) >= 11 is 9.72. The van der Waals surface area contributed by atoms with Crippen molar-refractivity contribution in [2.75, 3.05) is 6.61 Å². The predicted octanol–water partition coefficient (Wildman–Crippen LogP) is 4.44. The Kier molecular flexibility index (Phi) is 4.88. The molecule has 1 N–H and O–H groups in total. The van der Waals surface area contributed by atoms with Gasteiger partial charge in [-0.1, -0.05) is 31.2 Å². The number of ether oxygens (including phenoxy) is 1. The fraction of sp³-hybridized carbons (Fsp3) is 0.375. The molecule has 8 heteroatoms. The predicted molar refractivity (Wildman–Crippen MR) is 101 cm³/mol. The summed E-state index contributed by atoms with van der Waals surface area (Å²) in [6.45, 7) is 8.06. The van der Waals surface area contributed by atoms with Crippen LogP contribution < -0.4 is 4.73 Å². The molecule has 3 aromatic heterocycles. The van der Waals surface area contributed by atoms with E-state index in [9.17, 15) is 5.21 Å². The maximum absolute atomic E-state index is 9.98. The molecule has 0 aliphatic carbocycles. The molecule has 3 heterocycles. The van der Waals surface area contributed by atoms with Crippen LogP contribution in [0.4, 0.5) is 0 Å². The minimum Gasteiger partial charge on any atom is -0.361 e. The van der Waals surface area contributed by atoms with Crippen molar-refractivity contribution in [1.29, 1.82) is 0 Å². The van der Waals surface area contributed by atoms with Gasteiger partial charge in [-0.05, 0) is 12.1 Å². The first kappa shape index (κ1) is 17.7. The summed E-state index contributed by atoms with van der Waals surface area (Å²) in [5.74, 6) is 0. The Hall–Kier alpha value is -1.15. The molecule has 0 fully saturated rings. The van der Waals surface area contributed by atoms with Gasteiger partial charge in [-0.25, -0.2) is 4.98 Å². The maximum atomic E-state index is 9.98. The van der Waals surface area contributed by atoms with Gasteiger partial charge in [-0.15, -0.1) is 0 Å². The topological polar surface area (TPSA) is 51.2 Å². The number of aromatic nitrogens is 3. The highest BCUT2D eigenvalue weighted by Gasteiger charge is 2.20. The van der Waals surface area contributed by atoms with Gasteiger partial charge in [0.1, 0.15) is 17.9 Å². The molecule has 5 nitrogen and oxygen atoms in total. The van der Waals surface area contributed by atoms with Crippen molar-refractivity contribution in [1.82, 2.24) is 9.55 Å². The van der Waals surface area contributed by atoms with E-state index >= 15 is 0 Å². The molecule has 0 saturated heterocycles. The fourth-order valence-corrected chi connectivity index (χ4v) is 3.91. The summed E-state index contributed by atoms with van der Waals surface area (Å²) in [6, 6.07) is 4.71. The lowest BCUT2D eigenvalue weighted by Gasteiger charge is -2.15. The van der Waals surface area contributed by atoms with Gasteiger partial charge < -0.3 is 4.74 Å². The van der Waals surface area contributed by atoms with Crippen LogP contribution in [0.5, 0.6) is 0 Å². The molecule has 128 valence electrons. The Morgan fingerprint density at radius 1 is 1.42 bits per heavy atom. The zero-order valence-corrected chi connectivity index (χ0v) is 17.2. The van der Waals surface area contributed by atoms with Crippen molar-refractivity contribution in [2.24, 2.45) is 0 Å².